The summed E-state index contributed by atoms with van der Waals surface area (Å²) in [6.07, 6.45) is 2.41. The first kappa shape index (κ1) is 13.3. The van der Waals surface area contributed by atoms with Crippen molar-refractivity contribution in [2.45, 2.75) is 19.3 Å². The number of benzene rings is 1. The maximum absolute atomic E-state index is 10.9. The first-order chi connectivity index (χ1) is 8.10. The highest BCUT2D eigenvalue weighted by molar-refractivity contribution is 5.91. The maximum atomic E-state index is 10.9. The van der Waals surface area contributed by atoms with Gasteiger partial charge in [0.15, 0.2) is 0 Å². The van der Waals surface area contributed by atoms with Gasteiger partial charge >= 0.3 is 5.97 Å². The lowest BCUT2D eigenvalue weighted by molar-refractivity contribution is 0.0693. The first-order valence-corrected chi connectivity index (χ1v) is 5.43. The molecule has 5 heteroatoms. The third-order valence-electron chi connectivity index (χ3n) is 2.53. The summed E-state index contributed by atoms with van der Waals surface area (Å²) < 4.78 is 5.11. The molecule has 0 atom stereocenters. The van der Waals surface area contributed by atoms with Gasteiger partial charge in [-0.1, -0.05) is 0 Å². The predicted octanol–water partition coefficient (Wildman–Crippen LogP) is 1.38. The standard InChI is InChI=1S/C12H17NO4/c1-17-11-7-10(14)9(12(15)16)6-8(11)4-2-3-5-13/h6-7,14H,2-5,13H2,1H3,(H,15,16). The quantitative estimate of drug-likeness (QED) is 0.652. The van der Waals surface area contributed by atoms with Gasteiger partial charge in [0.2, 0.25) is 0 Å². The van der Waals surface area contributed by atoms with Crippen LogP contribution in [0.25, 0.3) is 0 Å². The molecule has 1 rings (SSSR count). The summed E-state index contributed by atoms with van der Waals surface area (Å²) in [5.41, 5.74) is 6.07. The van der Waals surface area contributed by atoms with Crippen molar-refractivity contribution in [3.8, 4) is 11.5 Å². The SMILES string of the molecule is COc1cc(O)c(C(=O)O)cc1CCCCN. The van der Waals surface area contributed by atoms with Gasteiger partial charge in [0.25, 0.3) is 0 Å². The van der Waals surface area contributed by atoms with Crippen LogP contribution in [-0.4, -0.2) is 29.8 Å². The van der Waals surface area contributed by atoms with Gasteiger partial charge in [0, 0.05) is 6.07 Å². The monoisotopic (exact) mass is 239 g/mol. The molecule has 0 aliphatic carbocycles. The molecule has 0 aromatic heterocycles. The average Bonchev–Trinajstić information content (AvgIpc) is 2.30. The van der Waals surface area contributed by atoms with Crippen molar-refractivity contribution < 1.29 is 19.7 Å². The Bertz CT molecular complexity index is 404. The fraction of sp³-hybridized carbons (Fsp3) is 0.417. The second-order valence-electron chi connectivity index (χ2n) is 3.73. The second-order valence-corrected chi connectivity index (χ2v) is 3.73. The molecule has 0 heterocycles. The van der Waals surface area contributed by atoms with Crippen LogP contribution in [0.15, 0.2) is 12.1 Å². The lowest BCUT2D eigenvalue weighted by atomic mass is 10.0. The number of nitrogens with two attached hydrogens (primary N) is 1. The average molecular weight is 239 g/mol. The van der Waals surface area contributed by atoms with Gasteiger partial charge in [0.1, 0.15) is 17.1 Å². The third kappa shape index (κ3) is 3.35. The molecule has 0 amide bonds. The fourth-order valence-electron chi connectivity index (χ4n) is 1.63. The number of hydrogen-bond acceptors (Lipinski definition) is 4. The molecule has 0 saturated carbocycles. The summed E-state index contributed by atoms with van der Waals surface area (Å²) in [6, 6.07) is 2.79. The lowest BCUT2D eigenvalue weighted by Gasteiger charge is -2.10. The summed E-state index contributed by atoms with van der Waals surface area (Å²) in [5, 5.41) is 18.4. The molecule has 1 aromatic rings. The van der Waals surface area contributed by atoms with E-state index in [1.165, 1.54) is 19.2 Å². The largest absolute Gasteiger partial charge is 0.507 e. The summed E-state index contributed by atoms with van der Waals surface area (Å²) in [4.78, 5) is 10.9. The van der Waals surface area contributed by atoms with Crippen LogP contribution in [0.3, 0.4) is 0 Å². The van der Waals surface area contributed by atoms with E-state index >= 15 is 0 Å². The van der Waals surface area contributed by atoms with Gasteiger partial charge in [-0.3, -0.25) is 0 Å². The first-order valence-electron chi connectivity index (χ1n) is 5.43. The number of aromatic carboxylic acids is 1. The molecular weight excluding hydrogens is 222 g/mol. The van der Waals surface area contributed by atoms with Gasteiger partial charge in [-0.25, -0.2) is 4.79 Å². The molecule has 5 nitrogen and oxygen atoms in total. The number of hydrogen-bond donors (Lipinski definition) is 3. The molecule has 0 unspecified atom stereocenters. The van der Waals surface area contributed by atoms with Gasteiger partial charge in [0.05, 0.1) is 7.11 Å². The molecule has 4 N–H and O–H groups in total. The summed E-state index contributed by atoms with van der Waals surface area (Å²) >= 11 is 0. The van der Waals surface area contributed by atoms with Crippen molar-refractivity contribution in [1.82, 2.24) is 0 Å². The van der Waals surface area contributed by atoms with Crippen molar-refractivity contribution in [3.63, 3.8) is 0 Å². The van der Waals surface area contributed by atoms with Crippen LogP contribution < -0.4 is 10.5 Å². The number of carbonyl (C=O) groups is 1. The summed E-state index contributed by atoms with van der Waals surface area (Å²) in [6.45, 7) is 0.603. The number of unbranched alkanes of at least 4 members (excludes halogenated alkanes) is 1. The zero-order chi connectivity index (χ0) is 12.8. The third-order valence-corrected chi connectivity index (χ3v) is 2.53. The van der Waals surface area contributed by atoms with Gasteiger partial charge in [-0.2, -0.15) is 0 Å². The van der Waals surface area contributed by atoms with E-state index in [1.54, 1.807) is 0 Å². The van der Waals surface area contributed by atoms with Crippen LogP contribution in [0.1, 0.15) is 28.8 Å². The Hall–Kier alpha value is -1.75. The predicted molar refractivity (Wildman–Crippen MR) is 63.6 cm³/mol. The normalized spacial score (nSPS) is 10.2. The van der Waals surface area contributed by atoms with E-state index in [0.717, 1.165) is 18.4 Å². The Labute approximate surface area is 99.8 Å². The summed E-state index contributed by atoms with van der Waals surface area (Å²) in [5.74, 6) is -0.924. The van der Waals surface area contributed by atoms with Crippen molar-refractivity contribution in [2.75, 3.05) is 13.7 Å². The molecule has 0 aliphatic rings. The highest BCUT2D eigenvalue weighted by Gasteiger charge is 2.14. The molecule has 0 spiro atoms. The molecule has 0 radical (unpaired) electrons. The van der Waals surface area contributed by atoms with Crippen molar-refractivity contribution in [3.05, 3.63) is 23.3 Å². The number of phenols is 1. The van der Waals surface area contributed by atoms with Crippen LogP contribution in [0.4, 0.5) is 0 Å². The van der Waals surface area contributed by atoms with Crippen LogP contribution in [-0.2, 0) is 6.42 Å². The van der Waals surface area contributed by atoms with E-state index in [2.05, 4.69) is 0 Å². The Balaban J connectivity index is 2.99. The molecule has 0 aliphatic heterocycles. The molecule has 1 aromatic carbocycles. The molecule has 0 fully saturated rings. The minimum absolute atomic E-state index is 0.103. The van der Waals surface area contributed by atoms with E-state index in [9.17, 15) is 9.90 Å². The van der Waals surface area contributed by atoms with Crippen LogP contribution >= 0.6 is 0 Å². The van der Waals surface area contributed by atoms with E-state index in [4.69, 9.17) is 15.6 Å². The minimum Gasteiger partial charge on any atom is -0.507 e. The zero-order valence-electron chi connectivity index (χ0n) is 9.77. The number of aromatic hydroxyl groups is 1. The number of ether oxygens (including phenoxy) is 1. The van der Waals surface area contributed by atoms with Crippen molar-refractivity contribution in [1.29, 1.82) is 0 Å². The Morgan fingerprint density at radius 3 is 2.65 bits per heavy atom. The van der Waals surface area contributed by atoms with E-state index in [0.29, 0.717) is 18.7 Å². The number of carboxylic acids is 1. The highest BCUT2D eigenvalue weighted by atomic mass is 16.5. The number of carboxylic acid groups (broad SMARTS) is 1. The van der Waals surface area contributed by atoms with Crippen molar-refractivity contribution in [2.24, 2.45) is 5.73 Å². The second kappa shape index (κ2) is 6.10. The molecule has 0 saturated heterocycles. The Morgan fingerprint density at radius 1 is 1.41 bits per heavy atom. The van der Waals surface area contributed by atoms with Gasteiger partial charge in [-0.05, 0) is 37.4 Å². The number of aryl methyl sites for hydroxylation is 1. The zero-order valence-corrected chi connectivity index (χ0v) is 9.77. The molecule has 0 bridgehead atoms. The molecular formula is C12H17NO4. The summed E-state index contributed by atoms with van der Waals surface area (Å²) in [7, 11) is 1.49. The molecule has 17 heavy (non-hydrogen) atoms. The van der Waals surface area contributed by atoms with Gasteiger partial charge < -0.3 is 20.7 Å². The van der Waals surface area contributed by atoms with Crippen LogP contribution in [0, 0.1) is 0 Å². The number of rotatable bonds is 6. The Morgan fingerprint density at radius 2 is 2.12 bits per heavy atom. The van der Waals surface area contributed by atoms with E-state index < -0.39 is 5.97 Å². The lowest BCUT2D eigenvalue weighted by Crippen LogP contribution is -2.03. The topological polar surface area (TPSA) is 92.8 Å². The minimum atomic E-state index is -1.15. The highest BCUT2D eigenvalue weighted by Crippen LogP contribution is 2.29. The van der Waals surface area contributed by atoms with Crippen LogP contribution in [0.5, 0.6) is 11.5 Å². The van der Waals surface area contributed by atoms with E-state index in [1.807, 2.05) is 0 Å². The van der Waals surface area contributed by atoms with Gasteiger partial charge in [-0.15, -0.1) is 0 Å². The van der Waals surface area contributed by atoms with Crippen molar-refractivity contribution >= 4 is 5.97 Å². The maximum Gasteiger partial charge on any atom is 0.339 e. The van der Waals surface area contributed by atoms with Crippen LogP contribution in [0.2, 0.25) is 0 Å². The number of methoxy groups -OCH3 is 1. The Kier molecular flexibility index (Phi) is 4.78. The molecule has 94 valence electrons. The smallest absolute Gasteiger partial charge is 0.339 e. The fourth-order valence-corrected chi connectivity index (χ4v) is 1.63. The van der Waals surface area contributed by atoms with E-state index in [-0.39, 0.29) is 11.3 Å².